The van der Waals surface area contributed by atoms with E-state index in [4.69, 9.17) is 14.9 Å². The molecule has 8 nitrogen and oxygen atoms in total. The maximum Gasteiger partial charge on any atom is 0.251 e. The molecule has 210 valence electrons. The second kappa shape index (κ2) is 8.98. The van der Waals surface area contributed by atoms with Crippen LogP contribution in [0.4, 0.5) is 0 Å². The summed E-state index contributed by atoms with van der Waals surface area (Å²) in [6, 6.07) is 11.4. The van der Waals surface area contributed by atoms with Gasteiger partial charge in [-0.25, -0.2) is 0 Å². The molecule has 2 amide bonds. The Labute approximate surface area is 235 Å². The van der Waals surface area contributed by atoms with Gasteiger partial charge in [-0.3, -0.25) is 19.9 Å². The third kappa shape index (κ3) is 4.23. The van der Waals surface area contributed by atoms with Gasteiger partial charge in [0, 0.05) is 35.1 Å². The first-order valence-electron chi connectivity index (χ1n) is 14.7. The molecule has 8 rings (SSSR count). The van der Waals surface area contributed by atoms with Gasteiger partial charge in [-0.15, -0.1) is 0 Å². The molecule has 5 heterocycles. The van der Waals surface area contributed by atoms with Gasteiger partial charge >= 0.3 is 0 Å². The molecule has 2 fully saturated rings. The summed E-state index contributed by atoms with van der Waals surface area (Å²) in [4.78, 5) is 29.0. The number of amides is 2. The summed E-state index contributed by atoms with van der Waals surface area (Å²) in [7, 11) is 0. The topological polar surface area (TPSA) is 104 Å². The van der Waals surface area contributed by atoms with Gasteiger partial charge in [0.1, 0.15) is 17.1 Å². The predicted octanol–water partition coefficient (Wildman–Crippen LogP) is 5.35. The Hall–Kier alpha value is -3.55. The zero-order chi connectivity index (χ0) is 27.8. The van der Waals surface area contributed by atoms with E-state index >= 15 is 0 Å². The van der Waals surface area contributed by atoms with E-state index in [1.54, 1.807) is 11.0 Å². The van der Waals surface area contributed by atoms with E-state index in [2.05, 4.69) is 49.6 Å². The number of guanidine groups is 1. The van der Waals surface area contributed by atoms with Crippen molar-refractivity contribution in [3.63, 3.8) is 0 Å². The van der Waals surface area contributed by atoms with Crippen LogP contribution in [-0.4, -0.2) is 40.4 Å². The standard InChI is InChI=1S/C32H38N4O4/c1-4-32-11-9-19-13-21(19)18-5-8-27-22(14-18)24(16-31(2,3)40-27)34-29(38)20-6-7-26-23(15-20)25(10-12-39-26)36(28(37)17-32)30(33)35-32/h5-8,14-15,19,21,24-25H,4,9-13,16-17H2,1-3H3,(H2,33,35)(H,34,38)/t19?,21?,24-,25+,32+/m0/s1. The molecule has 1 saturated carbocycles. The predicted molar refractivity (Wildman–Crippen MR) is 151 cm³/mol. The van der Waals surface area contributed by atoms with Gasteiger partial charge < -0.3 is 20.1 Å². The molecule has 3 N–H and O–H groups in total. The number of hydrogen-bond acceptors (Lipinski definition) is 5. The third-order valence-electron chi connectivity index (χ3n) is 9.79. The largest absolute Gasteiger partial charge is 0.493 e. The lowest BCUT2D eigenvalue weighted by molar-refractivity contribution is -0.133. The lowest BCUT2D eigenvalue weighted by atomic mass is 9.82. The van der Waals surface area contributed by atoms with Crippen molar-refractivity contribution in [3.05, 3.63) is 58.7 Å². The molecule has 5 atom stereocenters. The van der Waals surface area contributed by atoms with Crippen LogP contribution in [0.1, 0.15) is 111 Å². The Kier molecular flexibility index (Phi) is 5.71. The third-order valence-corrected chi connectivity index (χ3v) is 9.79. The molecule has 0 radical (unpaired) electrons. The first-order valence-corrected chi connectivity index (χ1v) is 14.7. The van der Waals surface area contributed by atoms with E-state index in [1.807, 2.05) is 12.1 Å². The fourth-order valence-electron chi connectivity index (χ4n) is 7.42. The maximum absolute atomic E-state index is 13.7. The van der Waals surface area contributed by atoms with Gasteiger partial charge in [0.15, 0.2) is 5.96 Å². The zero-order valence-corrected chi connectivity index (χ0v) is 23.5. The second-order valence-corrected chi connectivity index (χ2v) is 13.0. The van der Waals surface area contributed by atoms with Crippen molar-refractivity contribution in [2.45, 2.75) is 94.9 Å². The highest BCUT2D eigenvalue weighted by atomic mass is 16.5. The minimum Gasteiger partial charge on any atom is -0.493 e. The summed E-state index contributed by atoms with van der Waals surface area (Å²) >= 11 is 0. The van der Waals surface area contributed by atoms with E-state index in [9.17, 15) is 9.59 Å². The molecule has 1 aliphatic carbocycles. The van der Waals surface area contributed by atoms with Crippen LogP contribution >= 0.6 is 0 Å². The molecule has 0 aromatic heterocycles. The molecule has 6 bridgehead atoms. The van der Waals surface area contributed by atoms with E-state index in [-0.39, 0.29) is 29.9 Å². The second-order valence-electron chi connectivity index (χ2n) is 13.0. The summed E-state index contributed by atoms with van der Waals surface area (Å²) in [5, 5.41) is 15.7. The number of hydrogen-bond donors (Lipinski definition) is 3. The van der Waals surface area contributed by atoms with Crippen LogP contribution in [0.3, 0.4) is 0 Å². The molecule has 2 aromatic carbocycles. The van der Waals surface area contributed by atoms with Crippen LogP contribution in [0.5, 0.6) is 11.5 Å². The summed E-state index contributed by atoms with van der Waals surface area (Å²) in [6.07, 6.45) is 5.39. The molecule has 5 aliphatic heterocycles. The molecule has 40 heavy (non-hydrogen) atoms. The monoisotopic (exact) mass is 542 g/mol. The normalized spacial score (nSPS) is 32.0. The van der Waals surface area contributed by atoms with E-state index < -0.39 is 11.1 Å². The Balaban J connectivity index is 1.31. The number of benzene rings is 2. The number of carbonyl (C=O) groups excluding carboxylic acids is 2. The highest BCUT2D eigenvalue weighted by Gasteiger charge is 2.47. The number of carbonyl (C=O) groups is 2. The summed E-state index contributed by atoms with van der Waals surface area (Å²) in [6.45, 7) is 6.69. The Morgan fingerprint density at radius 1 is 1.07 bits per heavy atom. The SMILES string of the molecule is CC[C@]12CCC3CC3c3ccc4c(c3)[C@H](CC(C)(C)O4)NC(=O)c3ccc4c(c3)[C@@H](CCO4)N(C(=N)N1)C(=O)C2. The molecule has 6 aliphatic rings. The van der Waals surface area contributed by atoms with Crippen LogP contribution in [0.2, 0.25) is 0 Å². The Morgan fingerprint density at radius 2 is 1.90 bits per heavy atom. The number of rotatable bonds is 1. The first kappa shape index (κ1) is 25.4. The van der Waals surface area contributed by atoms with Gasteiger partial charge in [-0.2, -0.15) is 0 Å². The van der Waals surface area contributed by atoms with Gasteiger partial charge in [0.25, 0.3) is 5.91 Å². The van der Waals surface area contributed by atoms with Gasteiger partial charge in [0.2, 0.25) is 5.91 Å². The van der Waals surface area contributed by atoms with Crippen molar-refractivity contribution in [1.82, 2.24) is 15.5 Å². The van der Waals surface area contributed by atoms with Crippen molar-refractivity contribution in [3.8, 4) is 11.5 Å². The quantitative estimate of drug-likeness (QED) is 0.451. The van der Waals surface area contributed by atoms with Crippen LogP contribution in [0.25, 0.3) is 0 Å². The molecule has 1 saturated heterocycles. The summed E-state index contributed by atoms with van der Waals surface area (Å²) < 4.78 is 12.3. The molecule has 2 aromatic rings. The van der Waals surface area contributed by atoms with Crippen LogP contribution in [0.15, 0.2) is 36.4 Å². The number of ether oxygens (including phenoxy) is 2. The summed E-state index contributed by atoms with van der Waals surface area (Å²) in [5.41, 5.74) is 2.82. The van der Waals surface area contributed by atoms with Crippen molar-refractivity contribution >= 4 is 17.8 Å². The summed E-state index contributed by atoms with van der Waals surface area (Å²) in [5.74, 6) is 2.48. The Bertz CT molecular complexity index is 1400. The highest BCUT2D eigenvalue weighted by Crippen LogP contribution is 2.53. The van der Waals surface area contributed by atoms with E-state index in [0.717, 1.165) is 42.6 Å². The molecular formula is C32H38N4O4. The fraction of sp³-hybridized carbons (Fsp3) is 0.531. The number of fused-ring (bicyclic) bond motifs is 4. The average molecular weight is 543 g/mol. The highest BCUT2D eigenvalue weighted by molar-refractivity contribution is 6.00. The van der Waals surface area contributed by atoms with Crippen molar-refractivity contribution in [2.24, 2.45) is 5.92 Å². The van der Waals surface area contributed by atoms with Crippen LogP contribution in [-0.2, 0) is 4.79 Å². The smallest absolute Gasteiger partial charge is 0.251 e. The molecule has 0 spiro atoms. The maximum atomic E-state index is 13.7. The average Bonchev–Trinajstić information content (AvgIpc) is 3.70. The molecule has 2 unspecified atom stereocenters. The number of nitrogens with one attached hydrogen (secondary N) is 3. The van der Waals surface area contributed by atoms with Crippen molar-refractivity contribution in [1.29, 1.82) is 5.41 Å². The fourth-order valence-corrected chi connectivity index (χ4v) is 7.42. The number of nitrogens with zero attached hydrogens (tertiary/aromatic N) is 1. The van der Waals surface area contributed by atoms with Crippen LogP contribution in [0, 0.1) is 11.3 Å². The minimum absolute atomic E-state index is 0.0311. The molecular weight excluding hydrogens is 504 g/mol. The Morgan fingerprint density at radius 3 is 2.70 bits per heavy atom. The van der Waals surface area contributed by atoms with Gasteiger partial charge in [-0.1, -0.05) is 13.0 Å². The first-order chi connectivity index (χ1) is 19.2. The van der Waals surface area contributed by atoms with E-state index in [1.165, 1.54) is 5.56 Å². The van der Waals surface area contributed by atoms with Gasteiger partial charge in [0.05, 0.1) is 25.1 Å². The van der Waals surface area contributed by atoms with Crippen LogP contribution < -0.4 is 20.1 Å². The van der Waals surface area contributed by atoms with E-state index in [0.29, 0.717) is 49.0 Å². The lowest BCUT2D eigenvalue weighted by Crippen LogP contribution is -2.63. The lowest BCUT2D eigenvalue weighted by Gasteiger charge is -2.46. The zero-order valence-electron chi connectivity index (χ0n) is 23.5. The minimum atomic E-state index is -0.408. The van der Waals surface area contributed by atoms with Crippen molar-refractivity contribution in [2.75, 3.05) is 6.61 Å². The van der Waals surface area contributed by atoms with Crippen molar-refractivity contribution < 1.29 is 19.1 Å². The molecule has 8 heteroatoms. The van der Waals surface area contributed by atoms with Gasteiger partial charge in [-0.05, 0) is 87.3 Å².